The molecule has 0 radical (unpaired) electrons. The summed E-state index contributed by atoms with van der Waals surface area (Å²) < 4.78 is 0. The molecule has 42 heavy (non-hydrogen) atoms. The molecule has 2 fully saturated rings. The highest BCUT2D eigenvalue weighted by atomic mass is 16.3. The summed E-state index contributed by atoms with van der Waals surface area (Å²) in [5, 5.41) is 21.2. The summed E-state index contributed by atoms with van der Waals surface area (Å²) in [5.74, 6) is 1.59. The SMILES string of the molecule is CCCC(O)N1CCCN(C2=C(/C)CCC(=NCc3ccc(CNCCCNC4CCCCC4)cc3)N/C(N)=C\2)CC1. The molecule has 1 aromatic carbocycles. The number of benzene rings is 1. The first kappa shape index (κ1) is 32.5. The molecule has 1 unspecified atom stereocenters. The number of amidine groups is 1. The van der Waals surface area contributed by atoms with Gasteiger partial charge < -0.3 is 31.7 Å². The quantitative estimate of drug-likeness (QED) is 0.218. The highest BCUT2D eigenvalue weighted by molar-refractivity contribution is 5.84. The molecule has 8 nitrogen and oxygen atoms in total. The molecule has 1 aromatic rings. The molecule has 2 heterocycles. The number of aliphatic hydroxyl groups is 1. The van der Waals surface area contributed by atoms with Crippen LogP contribution in [-0.4, -0.2) is 72.3 Å². The molecular weight excluding hydrogens is 522 g/mol. The predicted octanol–water partition coefficient (Wildman–Crippen LogP) is 4.57. The minimum atomic E-state index is -0.334. The van der Waals surface area contributed by atoms with Gasteiger partial charge >= 0.3 is 0 Å². The van der Waals surface area contributed by atoms with Gasteiger partial charge in [-0.25, -0.2) is 0 Å². The fourth-order valence-corrected chi connectivity index (χ4v) is 6.37. The van der Waals surface area contributed by atoms with Crippen molar-refractivity contribution in [1.29, 1.82) is 0 Å². The lowest BCUT2D eigenvalue weighted by Gasteiger charge is -2.29. The van der Waals surface area contributed by atoms with E-state index in [0.29, 0.717) is 12.4 Å². The van der Waals surface area contributed by atoms with Gasteiger partial charge in [0.2, 0.25) is 0 Å². The average Bonchev–Trinajstić information content (AvgIpc) is 3.26. The van der Waals surface area contributed by atoms with Gasteiger partial charge in [0.1, 0.15) is 17.9 Å². The van der Waals surface area contributed by atoms with Gasteiger partial charge in [-0.15, -0.1) is 0 Å². The molecular formula is C34H57N7O. The lowest BCUT2D eigenvalue weighted by molar-refractivity contribution is 0.000366. The van der Waals surface area contributed by atoms with Crippen LogP contribution in [0.1, 0.15) is 95.6 Å². The molecule has 234 valence electrons. The van der Waals surface area contributed by atoms with E-state index in [1.807, 2.05) is 0 Å². The largest absolute Gasteiger partial charge is 0.385 e. The molecule has 1 aliphatic carbocycles. The minimum Gasteiger partial charge on any atom is -0.385 e. The smallest absolute Gasteiger partial charge is 0.107 e. The van der Waals surface area contributed by atoms with Gasteiger partial charge in [-0.3, -0.25) is 9.89 Å². The van der Waals surface area contributed by atoms with Crippen molar-refractivity contribution in [1.82, 2.24) is 25.8 Å². The summed E-state index contributed by atoms with van der Waals surface area (Å²) in [6.07, 6.45) is 14.5. The predicted molar refractivity (Wildman–Crippen MR) is 175 cm³/mol. The zero-order valence-corrected chi connectivity index (χ0v) is 26.3. The summed E-state index contributed by atoms with van der Waals surface area (Å²) >= 11 is 0. The second kappa shape index (κ2) is 17.7. The molecule has 0 bridgehead atoms. The molecule has 3 aliphatic rings. The van der Waals surface area contributed by atoms with Crippen molar-refractivity contribution in [2.24, 2.45) is 10.7 Å². The third-order valence-electron chi connectivity index (χ3n) is 8.97. The van der Waals surface area contributed by atoms with Gasteiger partial charge in [0.05, 0.1) is 6.54 Å². The summed E-state index contributed by atoms with van der Waals surface area (Å²) in [6.45, 7) is 11.8. The zero-order valence-electron chi connectivity index (χ0n) is 26.3. The van der Waals surface area contributed by atoms with Crippen molar-refractivity contribution < 1.29 is 5.11 Å². The Morgan fingerprint density at radius 3 is 2.57 bits per heavy atom. The Bertz CT molecular complexity index is 1030. The van der Waals surface area contributed by atoms with Crippen molar-refractivity contribution in [3.8, 4) is 0 Å². The summed E-state index contributed by atoms with van der Waals surface area (Å²) in [7, 11) is 0. The molecule has 0 amide bonds. The van der Waals surface area contributed by atoms with Gasteiger partial charge in [0.15, 0.2) is 0 Å². The fourth-order valence-electron chi connectivity index (χ4n) is 6.37. The zero-order chi connectivity index (χ0) is 29.6. The Morgan fingerprint density at radius 1 is 1.00 bits per heavy atom. The van der Waals surface area contributed by atoms with E-state index in [1.165, 1.54) is 60.9 Å². The number of hydrogen-bond acceptors (Lipinski definition) is 7. The second-order valence-corrected chi connectivity index (χ2v) is 12.4. The van der Waals surface area contributed by atoms with E-state index in [2.05, 4.69) is 69.9 Å². The maximum absolute atomic E-state index is 10.5. The molecule has 0 aromatic heterocycles. The number of hydrogen-bond donors (Lipinski definition) is 5. The van der Waals surface area contributed by atoms with Crippen molar-refractivity contribution in [3.63, 3.8) is 0 Å². The lowest BCUT2D eigenvalue weighted by atomic mass is 9.95. The number of rotatable bonds is 13. The molecule has 2 aliphatic heterocycles. The van der Waals surface area contributed by atoms with E-state index in [-0.39, 0.29) is 6.23 Å². The third kappa shape index (κ3) is 10.7. The van der Waals surface area contributed by atoms with Gasteiger partial charge in [-0.05, 0) is 75.2 Å². The second-order valence-electron chi connectivity index (χ2n) is 12.4. The van der Waals surface area contributed by atoms with Gasteiger partial charge in [0, 0.05) is 57.0 Å². The Morgan fingerprint density at radius 2 is 1.79 bits per heavy atom. The topological polar surface area (TPSA) is 101 Å². The van der Waals surface area contributed by atoms with Gasteiger partial charge in [-0.1, -0.05) is 56.9 Å². The minimum absolute atomic E-state index is 0.334. The molecule has 0 spiro atoms. The normalized spacial score (nSPS) is 24.4. The standard InChI is InChI=1S/C34H57N7O/c1-3-9-34(42)41-21-8-20-40(22-23-41)31-24-32(35)39-33(17-12-27(31)2)38-26-29-15-13-28(14-16-29)25-36-18-7-19-37-30-10-5-4-6-11-30/h13-16,24,30,34,36-37,42H,3-12,17-23,25-26,35H2,1-2H3,(H,38,39)/b31-27-,32-24-. The Hall–Kier alpha value is -2.39. The molecule has 1 saturated carbocycles. The summed E-state index contributed by atoms with van der Waals surface area (Å²) in [6, 6.07) is 9.56. The lowest BCUT2D eigenvalue weighted by Crippen LogP contribution is -2.38. The highest BCUT2D eigenvalue weighted by Gasteiger charge is 2.22. The van der Waals surface area contributed by atoms with Crippen LogP contribution in [0.25, 0.3) is 0 Å². The first-order valence-electron chi connectivity index (χ1n) is 16.7. The number of nitrogens with zero attached hydrogens (tertiary/aromatic N) is 3. The number of aliphatic hydroxyl groups excluding tert-OH is 1. The fraction of sp³-hybridized carbons (Fsp3) is 0.676. The Labute approximate surface area is 254 Å². The summed E-state index contributed by atoms with van der Waals surface area (Å²) in [4.78, 5) is 9.56. The van der Waals surface area contributed by atoms with E-state index >= 15 is 0 Å². The van der Waals surface area contributed by atoms with Crippen molar-refractivity contribution in [2.75, 3.05) is 39.3 Å². The van der Waals surface area contributed by atoms with Crippen LogP contribution in [0.5, 0.6) is 0 Å². The van der Waals surface area contributed by atoms with Crippen molar-refractivity contribution >= 4 is 5.84 Å². The van der Waals surface area contributed by atoms with Crippen LogP contribution in [-0.2, 0) is 13.1 Å². The Kier molecular flexibility index (Phi) is 13.7. The number of nitrogens with two attached hydrogens (primary N) is 1. The highest BCUT2D eigenvalue weighted by Crippen LogP contribution is 2.22. The van der Waals surface area contributed by atoms with Crippen LogP contribution in [0, 0.1) is 0 Å². The van der Waals surface area contributed by atoms with E-state index < -0.39 is 0 Å². The van der Waals surface area contributed by atoms with E-state index in [9.17, 15) is 5.11 Å². The maximum Gasteiger partial charge on any atom is 0.107 e. The third-order valence-corrected chi connectivity index (χ3v) is 8.97. The molecule has 8 heteroatoms. The van der Waals surface area contributed by atoms with E-state index in [1.54, 1.807) is 0 Å². The van der Waals surface area contributed by atoms with Crippen LogP contribution in [0.3, 0.4) is 0 Å². The van der Waals surface area contributed by atoms with Crippen LogP contribution < -0.4 is 21.7 Å². The van der Waals surface area contributed by atoms with Crippen LogP contribution in [0.15, 0.2) is 52.4 Å². The van der Waals surface area contributed by atoms with Crippen LogP contribution >= 0.6 is 0 Å². The van der Waals surface area contributed by atoms with Crippen molar-refractivity contribution in [2.45, 2.75) is 110 Å². The monoisotopic (exact) mass is 579 g/mol. The van der Waals surface area contributed by atoms with Gasteiger partial charge in [0.25, 0.3) is 0 Å². The first-order valence-corrected chi connectivity index (χ1v) is 16.7. The molecule has 1 saturated heterocycles. The number of nitrogens with one attached hydrogen (secondary N) is 3. The Balaban J connectivity index is 1.20. The van der Waals surface area contributed by atoms with E-state index in [0.717, 1.165) is 89.8 Å². The summed E-state index contributed by atoms with van der Waals surface area (Å²) in [5.41, 5.74) is 11.5. The van der Waals surface area contributed by atoms with E-state index in [4.69, 9.17) is 10.7 Å². The van der Waals surface area contributed by atoms with Crippen LogP contribution in [0.2, 0.25) is 0 Å². The molecule has 6 N–H and O–H groups in total. The van der Waals surface area contributed by atoms with Crippen molar-refractivity contribution in [3.05, 3.63) is 58.6 Å². The van der Waals surface area contributed by atoms with Gasteiger partial charge in [-0.2, -0.15) is 0 Å². The first-order chi connectivity index (χ1) is 20.5. The molecule has 4 rings (SSSR count). The number of aliphatic imine (C=N–C) groups is 1. The average molecular weight is 580 g/mol. The number of allylic oxidation sites excluding steroid dienone is 2. The molecule has 1 atom stereocenters. The van der Waals surface area contributed by atoms with Crippen LogP contribution in [0.4, 0.5) is 0 Å². The maximum atomic E-state index is 10.5.